The van der Waals surface area contributed by atoms with Crippen LogP contribution in [0.5, 0.6) is 46.0 Å². The number of hydrogen-bond donors (Lipinski definition) is 20. The van der Waals surface area contributed by atoms with Gasteiger partial charge in [-0.05, 0) is 122 Å². The van der Waals surface area contributed by atoms with Crippen molar-refractivity contribution in [1.29, 1.82) is 0 Å². The van der Waals surface area contributed by atoms with E-state index in [9.17, 15) is 80.8 Å². The first-order chi connectivity index (χ1) is 62.0. The molecular formula is C91H121Cl2N7O30. The number of ketones is 2. The molecule has 11 bridgehead atoms. The maximum absolute atomic E-state index is 16.6. The summed E-state index contributed by atoms with van der Waals surface area (Å²) in [4.78, 5) is 119. The highest BCUT2D eigenvalue weighted by Crippen LogP contribution is 2.52. The summed E-state index contributed by atoms with van der Waals surface area (Å²) in [5.74, 6) is -17.5. The molecule has 21 N–H and O–H groups in total. The summed E-state index contributed by atoms with van der Waals surface area (Å²) in [5.41, 5.74) is 1.99. The Hall–Kier alpha value is -9.04. The van der Waals surface area contributed by atoms with Gasteiger partial charge in [-0.15, -0.1) is 0 Å². The molecule has 0 spiro atoms. The Labute approximate surface area is 761 Å². The number of unbranched alkanes of at least 4 members (excludes halogenated alkanes) is 10. The Morgan fingerprint density at radius 1 is 0.654 bits per heavy atom. The fourth-order valence-electron chi connectivity index (χ4n) is 17.4. The summed E-state index contributed by atoms with van der Waals surface area (Å²) in [6, 6.07) is 7.24. The topological polar surface area (TPSA) is 581 Å². The molecule has 37 nitrogen and oxygen atoms in total. The van der Waals surface area contributed by atoms with E-state index in [1.54, 1.807) is 20.8 Å². The van der Waals surface area contributed by atoms with Crippen molar-refractivity contribution in [3.63, 3.8) is 0 Å². The van der Waals surface area contributed by atoms with E-state index in [4.69, 9.17) is 71.6 Å². The number of nitrogens with two attached hydrogens (primary N) is 1. The van der Waals surface area contributed by atoms with Crippen LogP contribution in [-0.4, -0.2) is 244 Å². The normalized spacial score (nSPS) is 29.2. The number of rotatable bonds is 34. The molecule has 5 amide bonds. The molecule has 5 unspecified atom stereocenters. The van der Waals surface area contributed by atoms with Gasteiger partial charge in [0.25, 0.3) is 6.47 Å². The molecule has 5 aromatic rings. The molecule has 0 aliphatic carbocycles. The van der Waals surface area contributed by atoms with Gasteiger partial charge < -0.3 is 147 Å². The van der Waals surface area contributed by atoms with Crippen LogP contribution in [-0.2, 0) is 73.3 Å². The number of primary amides is 1. The highest BCUT2D eigenvalue weighted by atomic mass is 35.5. The van der Waals surface area contributed by atoms with Crippen molar-refractivity contribution in [3.05, 3.63) is 116 Å². The van der Waals surface area contributed by atoms with Crippen molar-refractivity contribution < 1.29 is 147 Å². The molecule has 714 valence electrons. The third-order valence-electron chi connectivity index (χ3n) is 24.8. The predicted octanol–water partition coefficient (Wildman–Crippen LogP) is 5.41. The van der Waals surface area contributed by atoms with E-state index in [1.165, 1.54) is 68.9 Å². The zero-order valence-corrected chi connectivity index (χ0v) is 74.6. The van der Waals surface area contributed by atoms with Crippen LogP contribution >= 0.6 is 23.2 Å². The van der Waals surface area contributed by atoms with Crippen LogP contribution in [0.15, 0.2) is 72.8 Å². The molecule has 13 rings (SSSR count). The Bertz CT molecular complexity index is 4780. The summed E-state index contributed by atoms with van der Waals surface area (Å²) in [6.07, 6.45) is -17.8. The van der Waals surface area contributed by atoms with Gasteiger partial charge in [-0.25, -0.2) is 0 Å². The monoisotopic (exact) mass is 1860 g/mol. The van der Waals surface area contributed by atoms with Crippen LogP contribution in [0.4, 0.5) is 0 Å². The zero-order chi connectivity index (χ0) is 94.3. The number of aliphatic hydroxyl groups is 10. The second kappa shape index (κ2) is 46.1. The number of carbonyl (C=O) groups is 8. The lowest BCUT2D eigenvalue weighted by atomic mass is 9.84. The molecule has 0 saturated carbocycles. The Kier molecular flexibility index (Phi) is 36.0. The number of hydrogen-bond acceptors (Lipinski definition) is 32. The molecule has 8 aliphatic rings. The number of carbonyl (C=O) groups excluding carboxylic acids is 8. The molecule has 39 heteroatoms. The van der Waals surface area contributed by atoms with Crippen LogP contribution in [0.1, 0.15) is 214 Å². The van der Waals surface area contributed by atoms with E-state index < -0.39 is 282 Å². The number of phenolic OH excluding ortho intramolecular Hbond substituents is 3. The van der Waals surface area contributed by atoms with Gasteiger partial charge in [-0.3, -0.25) is 38.4 Å². The van der Waals surface area contributed by atoms with Gasteiger partial charge in [0, 0.05) is 66.9 Å². The van der Waals surface area contributed by atoms with Gasteiger partial charge in [0.1, 0.15) is 102 Å². The van der Waals surface area contributed by atoms with Crippen LogP contribution in [0.25, 0.3) is 11.1 Å². The van der Waals surface area contributed by atoms with Crippen LogP contribution in [0, 0.1) is 17.8 Å². The number of aliphatic hydroxyl groups excluding tert-OH is 10. The molecule has 8 aliphatic heterocycles. The quantitative estimate of drug-likeness (QED) is 0.0181. The lowest BCUT2D eigenvalue weighted by Gasteiger charge is -2.48. The third kappa shape index (κ3) is 24.3. The lowest BCUT2D eigenvalue weighted by Crippen LogP contribution is -2.65. The van der Waals surface area contributed by atoms with Gasteiger partial charge >= 0.3 is 0 Å². The van der Waals surface area contributed by atoms with Crippen LogP contribution in [0.3, 0.4) is 0 Å². The fraction of sp³-hybridized carbons (Fsp3) is 0.582. The van der Waals surface area contributed by atoms with Gasteiger partial charge in [0.2, 0.25) is 47.8 Å². The Morgan fingerprint density at radius 2 is 1.26 bits per heavy atom. The predicted molar refractivity (Wildman–Crippen MR) is 464 cm³/mol. The van der Waals surface area contributed by atoms with Crippen molar-refractivity contribution in [2.75, 3.05) is 32.9 Å². The maximum Gasteiger partial charge on any atom is 0.295 e. The third-order valence-corrected chi connectivity index (χ3v) is 25.4. The van der Waals surface area contributed by atoms with Crippen molar-refractivity contribution in [3.8, 4) is 57.1 Å². The largest absolute Gasteiger partial charge is 0.507 e. The van der Waals surface area contributed by atoms with E-state index in [-0.39, 0.29) is 77.2 Å². The number of phenols is 3. The van der Waals surface area contributed by atoms with Crippen LogP contribution < -0.4 is 51.8 Å². The smallest absolute Gasteiger partial charge is 0.295 e. The number of halogens is 2. The summed E-state index contributed by atoms with van der Waals surface area (Å²) in [5, 5.41) is 166. The highest BCUT2D eigenvalue weighted by molar-refractivity contribution is 6.32. The first-order valence-electron chi connectivity index (χ1n) is 44.2. The number of benzene rings is 5. The van der Waals surface area contributed by atoms with Crippen molar-refractivity contribution >= 4 is 70.8 Å². The van der Waals surface area contributed by atoms with Crippen LogP contribution in [0.2, 0.25) is 10.0 Å². The molecule has 23 atom stereocenters. The molecular weight excluding hydrogens is 1740 g/mol. The number of fused-ring (bicyclic) bond motifs is 15. The summed E-state index contributed by atoms with van der Waals surface area (Å²) >= 11 is 14.5. The number of ether oxygens (including phenoxy) is 9. The number of nitrogens with one attached hydrogen (secondary N) is 6. The molecule has 8 heterocycles. The minimum Gasteiger partial charge on any atom is -0.507 e. The van der Waals surface area contributed by atoms with E-state index in [1.807, 2.05) is 13.8 Å². The second-order valence-corrected chi connectivity index (χ2v) is 35.6. The zero-order valence-electron chi connectivity index (χ0n) is 73.1. The maximum atomic E-state index is 16.6. The Balaban J connectivity index is 1.06. The molecule has 3 saturated heterocycles. The van der Waals surface area contributed by atoms with E-state index in [2.05, 4.69) is 38.8 Å². The standard InChI is InChI=1S/C91H121Cl2N7O30/c1-7-9-10-11-12-13-14-15-16-17-18-25-96-91(6)38-68(124-44(5)83(91)117)129-82-79(115)77(113)66(41-102)128-90(82)130-81-63-33-49-34-64(81)126-62-24-21-48(31-56(62)93)74(110)72-87(121)100-88(123-42-103)53-37-58(105)54(39-95-26-27-122-89-80(116)78(114)76(112)65(40-101)127-89)75(111)69(53)52-29-46(19-22-57(52)104)51(86(120)99-72)36-60(107)70(49)97-85(119)50(35-67(94)108)32-59(106)71(98-84(118)45(8-2)28-43(3)4)73(109)47-20-23-61(125-63)55(92)30-47/h19-24,29-31,33-34,37,42-45,50-51,65-66,68,70-74,76-80,82-83,88-90,95-96,101-102,104-105,109-117H,7-18,25-28,32,35-36,38-41H2,1-6H3,(H2,94,108)(H,97,119)(H,98,118)(H,99,120)(H,100,121)/t44-,45+,50-,51-,65?,66+,68-,70+,71-,72-,73+,74+,76+,77?,78-,79?,80?,82+,83+,88+,89-,90-,91?/m0/s1. The molecule has 130 heavy (non-hydrogen) atoms. The van der Waals surface area contributed by atoms with Gasteiger partial charge in [0.15, 0.2) is 41.7 Å². The summed E-state index contributed by atoms with van der Waals surface area (Å²) in [7, 11) is 0. The van der Waals surface area contributed by atoms with Crippen molar-refractivity contribution in [2.24, 2.45) is 23.5 Å². The number of aromatic hydroxyl groups is 3. The van der Waals surface area contributed by atoms with E-state index >= 15 is 24.0 Å². The first-order valence-corrected chi connectivity index (χ1v) is 45.0. The minimum absolute atomic E-state index is 0.0386. The minimum atomic E-state index is -2.26. The summed E-state index contributed by atoms with van der Waals surface area (Å²) in [6.45, 7) is 8.70. The molecule has 0 aromatic heterocycles. The van der Waals surface area contributed by atoms with Gasteiger partial charge in [-0.1, -0.05) is 133 Å². The van der Waals surface area contributed by atoms with E-state index in [0.29, 0.717) is 13.0 Å². The SMILES string of the molecule is CCCCCCCCCCCCCNC1(C)C[C@H](O[C@@H]2C(O)C(O)[C@@H](CO)O[C@H]2Oc2c3cc4cc2Oc2ccc(cc2Cl)[C@@H](O)[C@@H](NC(=O)[C@H](CC)CC(C)C)C(=O)C[C@@H](CC(N)=O)C(=O)N[C@H]4C(=O)C[C@@H]2C(=O)N[C@H](C(=O)N[C@H](OC=O)c4cc(O)c(CNCCO[C@H]5OC(CO)[C@@H](O)[C@H](O)C5O)c(O)c4-c4cc2ccc4O)[C@H](O)c2ccc(c(Cl)c2)O3)O[C@@H](C)[C@H]1O. The van der Waals surface area contributed by atoms with Crippen molar-refractivity contribution in [1.82, 2.24) is 31.9 Å². The average Bonchev–Trinajstić information content (AvgIpc) is 0.892. The lowest BCUT2D eigenvalue weighted by molar-refractivity contribution is -0.334. The molecule has 5 aromatic carbocycles. The Morgan fingerprint density at radius 3 is 1.86 bits per heavy atom. The second-order valence-electron chi connectivity index (χ2n) is 34.8. The average molecular weight is 1860 g/mol. The number of Topliss-reactive ketones (excluding diaryl/α,β-unsaturated/α-hetero) is 2. The summed E-state index contributed by atoms with van der Waals surface area (Å²) < 4.78 is 56.4. The molecule has 0 radical (unpaired) electrons. The van der Waals surface area contributed by atoms with Crippen molar-refractivity contribution in [2.45, 2.75) is 285 Å². The number of amides is 5. The van der Waals surface area contributed by atoms with Gasteiger partial charge in [-0.2, -0.15) is 0 Å². The highest BCUT2D eigenvalue weighted by Gasteiger charge is 2.53. The first kappa shape index (κ1) is 101. The van der Waals surface area contributed by atoms with E-state index in [0.717, 1.165) is 74.6 Å². The molecule has 3 fully saturated rings. The van der Waals surface area contributed by atoms with Gasteiger partial charge in [0.05, 0.1) is 59.5 Å². The fourth-order valence-corrected chi connectivity index (χ4v) is 17.8.